The van der Waals surface area contributed by atoms with E-state index in [0.717, 1.165) is 17.7 Å². The predicted molar refractivity (Wildman–Crippen MR) is 129 cm³/mol. The van der Waals surface area contributed by atoms with Crippen molar-refractivity contribution in [3.05, 3.63) is 71.6 Å². The Kier molecular flexibility index (Phi) is 5.03. The highest BCUT2D eigenvalue weighted by molar-refractivity contribution is 5.79. The van der Waals surface area contributed by atoms with Crippen molar-refractivity contribution < 1.29 is 24.1 Å². The summed E-state index contributed by atoms with van der Waals surface area (Å²) < 4.78 is 20.2. The molecule has 2 aliphatic carbocycles. The van der Waals surface area contributed by atoms with Gasteiger partial charge in [0.2, 0.25) is 5.91 Å². The Bertz CT molecular complexity index is 1220. The zero-order valence-electron chi connectivity index (χ0n) is 19.9. The van der Waals surface area contributed by atoms with Gasteiger partial charge in [-0.05, 0) is 61.6 Å². The number of carbonyl (C=O) groups excluding carboxylic acids is 1. The molecule has 4 aliphatic rings. The Hall–Kier alpha value is -2.90. The van der Waals surface area contributed by atoms with Crippen molar-refractivity contribution >= 4 is 5.91 Å². The van der Waals surface area contributed by atoms with Gasteiger partial charge < -0.3 is 19.8 Å². The van der Waals surface area contributed by atoms with E-state index in [1.54, 1.807) is 30.1 Å². The van der Waals surface area contributed by atoms with Crippen molar-refractivity contribution in [2.45, 2.75) is 61.3 Å². The molecule has 7 heteroatoms. The molecular formula is C28H31FN2O4. The Morgan fingerprint density at radius 3 is 2.94 bits per heavy atom. The van der Waals surface area contributed by atoms with Gasteiger partial charge in [-0.25, -0.2) is 4.39 Å². The standard InChI is InChI=1S/C28H31FN2O4/c1-3-12-31-13-11-27-24-18-7-8-21(32)25(24)35-26(27)20(9-10-28(27,34)22(31)16-18)30(2)23(33)15-17-5-4-6-19(29)14-17/h3-8,14,20,22,26,32,34H,1,9-13,15-16H2,2H3/t20-,22-,26+,27+,28-/m1/s1. The van der Waals surface area contributed by atoms with Gasteiger partial charge in [-0.15, -0.1) is 6.58 Å². The molecule has 1 spiro atoms. The van der Waals surface area contributed by atoms with Gasteiger partial charge in [-0.3, -0.25) is 9.69 Å². The number of hydrogen-bond acceptors (Lipinski definition) is 5. The Morgan fingerprint density at radius 1 is 1.34 bits per heavy atom. The highest BCUT2D eigenvalue weighted by Crippen LogP contribution is 2.65. The van der Waals surface area contributed by atoms with Crippen molar-refractivity contribution in [3.8, 4) is 11.5 Å². The van der Waals surface area contributed by atoms with Crippen LogP contribution in [0.4, 0.5) is 4.39 Å². The Balaban J connectivity index is 1.40. The number of phenols is 1. The summed E-state index contributed by atoms with van der Waals surface area (Å²) in [5.41, 5.74) is 0.910. The number of likely N-dealkylation sites (N-methyl/N-ethyl adjacent to an activating group) is 1. The van der Waals surface area contributed by atoms with Crippen molar-refractivity contribution in [2.24, 2.45) is 0 Å². The minimum absolute atomic E-state index is 0.0781. The predicted octanol–water partition coefficient (Wildman–Crippen LogP) is 2.94. The average Bonchev–Trinajstić information content (AvgIpc) is 3.18. The average molecular weight is 479 g/mol. The molecule has 1 saturated carbocycles. The lowest BCUT2D eigenvalue weighted by atomic mass is 9.48. The number of halogens is 1. The number of aliphatic hydroxyl groups is 1. The van der Waals surface area contributed by atoms with Crippen LogP contribution < -0.4 is 4.74 Å². The van der Waals surface area contributed by atoms with E-state index in [9.17, 15) is 19.4 Å². The van der Waals surface area contributed by atoms with E-state index in [-0.39, 0.29) is 36.0 Å². The van der Waals surface area contributed by atoms with E-state index >= 15 is 0 Å². The molecule has 2 fully saturated rings. The van der Waals surface area contributed by atoms with Crippen LogP contribution in [-0.2, 0) is 23.1 Å². The molecule has 6 nitrogen and oxygen atoms in total. The van der Waals surface area contributed by atoms with Gasteiger partial charge in [0.25, 0.3) is 0 Å². The fraction of sp³-hybridized carbons (Fsp3) is 0.464. The van der Waals surface area contributed by atoms with Gasteiger partial charge in [0.1, 0.15) is 11.9 Å². The molecule has 184 valence electrons. The third-order valence-corrected chi connectivity index (χ3v) is 9.04. The zero-order chi connectivity index (χ0) is 24.5. The van der Waals surface area contributed by atoms with E-state index in [1.807, 2.05) is 12.1 Å². The Labute approximate surface area is 204 Å². The minimum Gasteiger partial charge on any atom is -0.504 e. The van der Waals surface area contributed by atoms with Gasteiger partial charge in [0.15, 0.2) is 11.5 Å². The van der Waals surface area contributed by atoms with Crippen LogP contribution in [0.2, 0.25) is 0 Å². The highest BCUT2D eigenvalue weighted by atomic mass is 19.1. The van der Waals surface area contributed by atoms with E-state index in [0.29, 0.717) is 43.5 Å². The van der Waals surface area contributed by atoms with Crippen LogP contribution in [0.25, 0.3) is 0 Å². The number of aromatic hydroxyl groups is 1. The second-order valence-corrected chi connectivity index (χ2v) is 10.6. The van der Waals surface area contributed by atoms with Crippen LogP contribution >= 0.6 is 0 Å². The molecule has 2 N–H and O–H groups in total. The number of carbonyl (C=O) groups is 1. The first-order valence-corrected chi connectivity index (χ1v) is 12.4. The number of nitrogens with zero attached hydrogens (tertiary/aromatic N) is 2. The minimum atomic E-state index is -1.03. The molecule has 2 bridgehead atoms. The largest absolute Gasteiger partial charge is 0.504 e. The number of piperidine rings is 1. The van der Waals surface area contributed by atoms with Gasteiger partial charge in [0.05, 0.1) is 23.5 Å². The fourth-order valence-corrected chi connectivity index (χ4v) is 7.52. The fourth-order valence-electron chi connectivity index (χ4n) is 7.52. The topological polar surface area (TPSA) is 73.2 Å². The smallest absolute Gasteiger partial charge is 0.227 e. The molecule has 35 heavy (non-hydrogen) atoms. The third kappa shape index (κ3) is 2.97. The summed E-state index contributed by atoms with van der Waals surface area (Å²) in [4.78, 5) is 17.3. The number of amides is 1. The lowest BCUT2D eigenvalue weighted by Crippen LogP contribution is -2.78. The lowest BCUT2D eigenvalue weighted by Gasteiger charge is -2.64. The molecule has 0 unspecified atom stereocenters. The maximum Gasteiger partial charge on any atom is 0.227 e. The molecular weight excluding hydrogens is 447 g/mol. The first kappa shape index (κ1) is 22.6. The summed E-state index contributed by atoms with van der Waals surface area (Å²) >= 11 is 0. The van der Waals surface area contributed by atoms with Crippen LogP contribution in [0.15, 0.2) is 49.1 Å². The summed E-state index contributed by atoms with van der Waals surface area (Å²) in [7, 11) is 1.77. The summed E-state index contributed by atoms with van der Waals surface area (Å²) in [5.74, 6) is 0.0494. The molecule has 2 aromatic rings. The van der Waals surface area contributed by atoms with Crippen molar-refractivity contribution in [3.63, 3.8) is 0 Å². The molecule has 0 aromatic heterocycles. The van der Waals surface area contributed by atoms with Gasteiger partial charge >= 0.3 is 0 Å². The number of benzene rings is 2. The SMILES string of the molecule is C=CCN1CC[C@]23c4c5ccc(O)c4O[C@H]2[C@H](N(C)C(=O)Cc2cccc(F)c2)CC[C@@]3(O)[C@H]1C5. The maximum atomic E-state index is 13.7. The Morgan fingerprint density at radius 2 is 2.17 bits per heavy atom. The summed E-state index contributed by atoms with van der Waals surface area (Å²) in [5, 5.41) is 23.2. The second kappa shape index (κ2) is 7.80. The van der Waals surface area contributed by atoms with Crippen LogP contribution in [0.1, 0.15) is 36.0 Å². The first-order chi connectivity index (χ1) is 16.8. The summed E-state index contributed by atoms with van der Waals surface area (Å²) in [6, 6.07) is 9.38. The molecule has 1 amide bonds. The molecule has 6 rings (SSSR count). The van der Waals surface area contributed by atoms with E-state index in [1.165, 1.54) is 12.1 Å². The highest BCUT2D eigenvalue weighted by Gasteiger charge is 2.73. The summed E-state index contributed by atoms with van der Waals surface area (Å²) in [6.07, 6.45) is 3.96. The second-order valence-electron chi connectivity index (χ2n) is 10.6. The number of phenolic OH excluding ortho intramolecular Hbond substituents is 1. The van der Waals surface area contributed by atoms with Crippen LogP contribution in [0.3, 0.4) is 0 Å². The number of likely N-dealkylation sites (tertiary alicyclic amines) is 1. The molecule has 1 saturated heterocycles. The van der Waals surface area contributed by atoms with E-state index in [2.05, 4.69) is 11.5 Å². The van der Waals surface area contributed by atoms with Crippen LogP contribution in [0.5, 0.6) is 11.5 Å². The maximum absolute atomic E-state index is 13.7. The zero-order valence-corrected chi connectivity index (χ0v) is 19.9. The molecule has 0 radical (unpaired) electrons. The normalized spacial score (nSPS) is 32.5. The number of hydrogen-bond donors (Lipinski definition) is 2. The molecule has 2 aliphatic heterocycles. The number of rotatable bonds is 5. The lowest BCUT2D eigenvalue weighted by molar-refractivity contribution is -0.198. The van der Waals surface area contributed by atoms with E-state index < -0.39 is 17.1 Å². The van der Waals surface area contributed by atoms with Crippen molar-refractivity contribution in [2.75, 3.05) is 20.1 Å². The number of ether oxygens (including phenoxy) is 1. The monoisotopic (exact) mass is 478 g/mol. The molecule has 2 heterocycles. The van der Waals surface area contributed by atoms with Gasteiger partial charge in [-0.1, -0.05) is 24.3 Å². The first-order valence-electron chi connectivity index (χ1n) is 12.4. The molecule has 5 atom stereocenters. The van der Waals surface area contributed by atoms with E-state index in [4.69, 9.17) is 4.74 Å². The van der Waals surface area contributed by atoms with Crippen molar-refractivity contribution in [1.29, 1.82) is 0 Å². The van der Waals surface area contributed by atoms with Crippen LogP contribution in [-0.4, -0.2) is 69.8 Å². The van der Waals surface area contributed by atoms with Gasteiger partial charge in [0, 0.05) is 25.2 Å². The van der Waals surface area contributed by atoms with Gasteiger partial charge in [-0.2, -0.15) is 0 Å². The summed E-state index contributed by atoms with van der Waals surface area (Å²) in [6.45, 7) is 5.39. The molecule has 2 aromatic carbocycles. The van der Waals surface area contributed by atoms with Crippen molar-refractivity contribution in [1.82, 2.24) is 9.80 Å². The van der Waals surface area contributed by atoms with Crippen LogP contribution in [0, 0.1) is 5.82 Å². The third-order valence-electron chi connectivity index (χ3n) is 9.04. The quantitative estimate of drug-likeness (QED) is 0.647.